The molecule has 1 aromatic carbocycles. The first-order valence-corrected chi connectivity index (χ1v) is 10.4. The van der Waals surface area contributed by atoms with Crippen molar-refractivity contribution in [2.75, 3.05) is 31.4 Å². The Morgan fingerprint density at radius 1 is 1.00 bits per heavy atom. The lowest BCUT2D eigenvalue weighted by molar-refractivity contribution is 0.597. The zero-order valence-corrected chi connectivity index (χ0v) is 17.1. The van der Waals surface area contributed by atoms with Gasteiger partial charge in [-0.1, -0.05) is 24.3 Å². The minimum absolute atomic E-state index is 0.0343. The zero-order chi connectivity index (χ0) is 20.6. The molecule has 1 N–H and O–H groups in total. The molecule has 148 valence electrons. The summed E-state index contributed by atoms with van der Waals surface area (Å²) in [5, 5.41) is 7.38. The molecule has 0 aliphatic carbocycles. The second kappa shape index (κ2) is 7.17. The molecule has 9 heteroatoms. The molecule has 3 heterocycles. The van der Waals surface area contributed by atoms with Gasteiger partial charge in [-0.05, 0) is 24.3 Å². The summed E-state index contributed by atoms with van der Waals surface area (Å²) in [5.74, 6) is 0.921. The number of hydrogen-bond acceptors (Lipinski definition) is 7. The third-order valence-electron chi connectivity index (χ3n) is 4.47. The number of nitrogens with zero attached hydrogens (tertiary/aromatic N) is 5. The predicted molar refractivity (Wildman–Crippen MR) is 112 cm³/mol. The molecule has 0 fully saturated rings. The van der Waals surface area contributed by atoms with E-state index in [0.29, 0.717) is 17.2 Å². The van der Waals surface area contributed by atoms with Crippen LogP contribution in [0, 0.1) is 0 Å². The van der Waals surface area contributed by atoms with Crippen molar-refractivity contribution < 1.29 is 8.42 Å². The number of anilines is 2. The number of aromatic nitrogens is 4. The van der Waals surface area contributed by atoms with Gasteiger partial charge in [0.25, 0.3) is 0 Å². The van der Waals surface area contributed by atoms with Crippen LogP contribution in [0.4, 0.5) is 11.6 Å². The van der Waals surface area contributed by atoms with Gasteiger partial charge in [-0.3, -0.25) is 4.98 Å². The van der Waals surface area contributed by atoms with Gasteiger partial charge in [0.15, 0.2) is 16.4 Å². The maximum Gasteiger partial charge on any atom is 0.214 e. The summed E-state index contributed by atoms with van der Waals surface area (Å²) in [6.07, 6.45) is 1.67. The van der Waals surface area contributed by atoms with E-state index in [1.165, 1.54) is 4.52 Å². The monoisotopic (exact) mass is 408 g/mol. The molecule has 0 atom stereocenters. The molecule has 29 heavy (non-hydrogen) atoms. The van der Waals surface area contributed by atoms with Crippen LogP contribution in [0.5, 0.6) is 0 Å². The average Bonchev–Trinajstić information content (AvgIpc) is 3.13. The van der Waals surface area contributed by atoms with Gasteiger partial charge < -0.3 is 10.2 Å². The summed E-state index contributed by atoms with van der Waals surface area (Å²) in [4.78, 5) is 11.1. The van der Waals surface area contributed by atoms with E-state index in [1.54, 1.807) is 43.6 Å². The summed E-state index contributed by atoms with van der Waals surface area (Å²) in [6, 6.07) is 15.6. The van der Waals surface area contributed by atoms with E-state index in [0.717, 1.165) is 0 Å². The maximum atomic E-state index is 13.5. The molecule has 0 unspecified atom stereocenters. The number of pyridine rings is 1. The first kappa shape index (κ1) is 18.9. The molecular formula is C20H20N6O2S. The van der Waals surface area contributed by atoms with Crippen molar-refractivity contribution in [1.29, 1.82) is 0 Å². The van der Waals surface area contributed by atoms with E-state index in [1.807, 2.05) is 43.3 Å². The Bertz CT molecular complexity index is 1270. The van der Waals surface area contributed by atoms with E-state index in [4.69, 9.17) is 0 Å². The highest BCUT2D eigenvalue weighted by atomic mass is 32.2. The second-order valence-electron chi connectivity index (χ2n) is 6.59. The Kier molecular flexibility index (Phi) is 4.67. The molecule has 8 nitrogen and oxygen atoms in total. The number of rotatable bonds is 5. The minimum atomic E-state index is -3.85. The van der Waals surface area contributed by atoms with Crippen LogP contribution >= 0.6 is 0 Å². The van der Waals surface area contributed by atoms with E-state index in [2.05, 4.69) is 20.4 Å². The third kappa shape index (κ3) is 3.19. The zero-order valence-electron chi connectivity index (χ0n) is 16.2. The van der Waals surface area contributed by atoms with Gasteiger partial charge in [0.2, 0.25) is 9.84 Å². The number of sulfone groups is 1. The van der Waals surface area contributed by atoms with Crippen molar-refractivity contribution in [3.05, 3.63) is 60.8 Å². The Hall–Kier alpha value is -3.46. The lowest BCUT2D eigenvalue weighted by Gasteiger charge is -2.15. The first-order chi connectivity index (χ1) is 13.9. The molecule has 0 spiro atoms. The molecule has 0 bridgehead atoms. The Morgan fingerprint density at radius 3 is 2.34 bits per heavy atom. The maximum absolute atomic E-state index is 13.5. The molecule has 4 aromatic rings. The van der Waals surface area contributed by atoms with Crippen LogP contribution in [0.25, 0.3) is 17.0 Å². The van der Waals surface area contributed by atoms with Gasteiger partial charge in [0.05, 0.1) is 16.3 Å². The third-order valence-corrected chi connectivity index (χ3v) is 6.28. The van der Waals surface area contributed by atoms with Crippen molar-refractivity contribution >= 4 is 27.1 Å². The number of hydrogen-bond donors (Lipinski definition) is 1. The Balaban J connectivity index is 2.08. The second-order valence-corrected chi connectivity index (χ2v) is 8.48. The molecule has 0 saturated carbocycles. The summed E-state index contributed by atoms with van der Waals surface area (Å²) < 4.78 is 28.4. The van der Waals surface area contributed by atoms with Gasteiger partial charge in [-0.25, -0.2) is 13.4 Å². The topological polar surface area (TPSA) is 92.5 Å². The van der Waals surface area contributed by atoms with E-state index < -0.39 is 9.84 Å². The fourth-order valence-corrected chi connectivity index (χ4v) is 4.60. The molecular weight excluding hydrogens is 388 g/mol. The van der Waals surface area contributed by atoms with E-state index >= 15 is 0 Å². The highest BCUT2D eigenvalue weighted by Gasteiger charge is 2.30. The van der Waals surface area contributed by atoms with Crippen LogP contribution in [0.1, 0.15) is 0 Å². The fourth-order valence-electron chi connectivity index (χ4n) is 3.08. The SMILES string of the molecule is CNc1nn2c(N(C)C)cc(-c3ccccn3)nc2c1S(=O)(=O)c1ccccc1. The van der Waals surface area contributed by atoms with Crippen molar-refractivity contribution in [2.24, 2.45) is 0 Å². The first-order valence-electron chi connectivity index (χ1n) is 8.94. The lowest BCUT2D eigenvalue weighted by Crippen LogP contribution is -2.15. The van der Waals surface area contributed by atoms with Crippen molar-refractivity contribution in [2.45, 2.75) is 9.79 Å². The van der Waals surface area contributed by atoms with Crippen LogP contribution in [0.3, 0.4) is 0 Å². The molecule has 0 saturated heterocycles. The molecule has 3 aromatic heterocycles. The minimum Gasteiger partial charge on any atom is -0.370 e. The number of benzene rings is 1. The van der Waals surface area contributed by atoms with Crippen LogP contribution in [-0.2, 0) is 9.84 Å². The number of nitrogens with one attached hydrogen (secondary N) is 1. The summed E-state index contributed by atoms with van der Waals surface area (Å²) >= 11 is 0. The van der Waals surface area contributed by atoms with Gasteiger partial charge in [0.1, 0.15) is 5.82 Å². The molecule has 0 amide bonds. The summed E-state index contributed by atoms with van der Waals surface area (Å²) in [6.45, 7) is 0. The van der Waals surface area contributed by atoms with E-state index in [-0.39, 0.29) is 21.3 Å². The Labute approximate surface area is 168 Å². The van der Waals surface area contributed by atoms with Crippen LogP contribution in [0.2, 0.25) is 0 Å². The summed E-state index contributed by atoms with van der Waals surface area (Å²) in [5.41, 5.74) is 1.45. The standard InChI is InChI=1S/C20H20N6O2S/c1-21-19-18(29(27,28)14-9-5-4-6-10-14)20-23-16(15-11-7-8-12-22-15)13-17(25(2)3)26(20)24-19/h4-13H,1-3H3,(H,21,24). The van der Waals surface area contributed by atoms with Crippen LogP contribution in [0.15, 0.2) is 70.6 Å². The quantitative estimate of drug-likeness (QED) is 0.543. The highest BCUT2D eigenvalue weighted by Crippen LogP contribution is 2.33. The van der Waals surface area contributed by atoms with Crippen LogP contribution < -0.4 is 10.2 Å². The van der Waals surface area contributed by atoms with Gasteiger partial charge in [-0.15, -0.1) is 5.10 Å². The Morgan fingerprint density at radius 2 is 1.72 bits per heavy atom. The average molecular weight is 408 g/mol. The normalized spacial score (nSPS) is 11.6. The molecule has 0 radical (unpaired) electrons. The van der Waals surface area contributed by atoms with Gasteiger partial charge in [0, 0.05) is 33.4 Å². The smallest absolute Gasteiger partial charge is 0.214 e. The van der Waals surface area contributed by atoms with Crippen molar-refractivity contribution in [3.8, 4) is 11.4 Å². The van der Waals surface area contributed by atoms with Gasteiger partial charge >= 0.3 is 0 Å². The van der Waals surface area contributed by atoms with E-state index in [9.17, 15) is 8.42 Å². The van der Waals surface area contributed by atoms with Crippen molar-refractivity contribution in [3.63, 3.8) is 0 Å². The largest absolute Gasteiger partial charge is 0.370 e. The fraction of sp³-hybridized carbons (Fsp3) is 0.150. The summed E-state index contributed by atoms with van der Waals surface area (Å²) in [7, 11) is 1.51. The molecule has 0 aliphatic rings. The van der Waals surface area contributed by atoms with Crippen LogP contribution in [-0.4, -0.2) is 49.1 Å². The molecule has 4 rings (SSSR count). The predicted octanol–water partition coefficient (Wildman–Crippen LogP) is 2.73. The highest BCUT2D eigenvalue weighted by molar-refractivity contribution is 7.91. The van der Waals surface area contributed by atoms with Gasteiger partial charge in [-0.2, -0.15) is 4.52 Å². The lowest BCUT2D eigenvalue weighted by atomic mass is 10.2. The number of fused-ring (bicyclic) bond motifs is 1. The molecule has 0 aliphatic heterocycles. The van der Waals surface area contributed by atoms with Crippen molar-refractivity contribution in [1.82, 2.24) is 19.6 Å².